The van der Waals surface area contributed by atoms with Crippen molar-refractivity contribution in [3.8, 4) is 0 Å². The Kier molecular flexibility index (Phi) is 6.43. The lowest BCUT2D eigenvalue weighted by Crippen LogP contribution is -2.36. The zero-order valence-corrected chi connectivity index (χ0v) is 15.7. The molecule has 2 heterocycles. The van der Waals surface area contributed by atoms with Crippen LogP contribution >= 0.6 is 12.6 Å². The van der Waals surface area contributed by atoms with E-state index in [1.165, 1.54) is 12.1 Å². The van der Waals surface area contributed by atoms with E-state index >= 15 is 0 Å². The molecule has 9 nitrogen and oxygen atoms in total. The first-order valence-electron chi connectivity index (χ1n) is 8.57. The summed E-state index contributed by atoms with van der Waals surface area (Å²) in [4.78, 5) is 28.6. The molecule has 0 spiro atoms. The second-order valence-corrected chi connectivity index (χ2v) is 6.94. The average Bonchev–Trinajstić information content (AvgIpc) is 3.08. The van der Waals surface area contributed by atoms with Crippen LogP contribution < -0.4 is 5.43 Å². The van der Waals surface area contributed by atoms with E-state index in [-0.39, 0.29) is 23.5 Å². The number of likely N-dealkylation sites (tertiary alicyclic amines) is 1. The minimum absolute atomic E-state index is 0.00780. The summed E-state index contributed by atoms with van der Waals surface area (Å²) in [5.41, 5.74) is 3.47. The predicted octanol–water partition coefficient (Wildman–Crippen LogP) is 2.46. The molecule has 0 unspecified atom stereocenters. The summed E-state index contributed by atoms with van der Waals surface area (Å²) in [6.45, 7) is 0.607. The molecule has 1 N–H and O–H groups in total. The van der Waals surface area contributed by atoms with E-state index in [1.807, 2.05) is 6.07 Å². The Morgan fingerprint density at radius 1 is 1.39 bits per heavy atom. The summed E-state index contributed by atoms with van der Waals surface area (Å²) in [7, 11) is 0. The number of rotatable bonds is 7. The lowest BCUT2D eigenvalue weighted by Gasteiger charge is -2.20. The molecule has 1 aliphatic rings. The lowest BCUT2D eigenvalue weighted by molar-refractivity contribution is -0.384. The lowest BCUT2D eigenvalue weighted by atomic mass is 10.2. The molecule has 0 radical (unpaired) electrons. The number of anilines is 1. The van der Waals surface area contributed by atoms with Gasteiger partial charge in [0.15, 0.2) is 0 Å². The molecular formula is C18H19N5O4S. The number of nitrogens with one attached hydrogen (secondary N) is 1. The maximum Gasteiger partial charge on any atom is 0.329 e. The number of thiol groups is 1. The number of hydrazone groups is 1. The number of nitrogens with zero attached hydrogens (tertiary/aromatic N) is 4. The van der Waals surface area contributed by atoms with Gasteiger partial charge >= 0.3 is 5.97 Å². The van der Waals surface area contributed by atoms with Crippen molar-refractivity contribution in [2.24, 2.45) is 5.10 Å². The van der Waals surface area contributed by atoms with Crippen LogP contribution in [0.1, 0.15) is 12.0 Å². The molecule has 2 atom stereocenters. The van der Waals surface area contributed by atoms with Crippen LogP contribution in [-0.4, -0.2) is 45.0 Å². The number of benzene rings is 1. The SMILES string of the molecule is O=C(OCc1ccc([N+](=O)[O-])cc1)[C@@H]1C[C@H](S)CN1C=NNc1ccccn1. The number of carbonyl (C=O) groups excluding carboxylic acids is 1. The topological polar surface area (TPSA) is 110 Å². The Labute approximate surface area is 167 Å². The van der Waals surface area contributed by atoms with Crippen LogP contribution in [0, 0.1) is 10.1 Å². The van der Waals surface area contributed by atoms with Crippen LogP contribution in [0.3, 0.4) is 0 Å². The summed E-state index contributed by atoms with van der Waals surface area (Å²) >= 11 is 4.46. The fourth-order valence-corrected chi connectivity index (χ4v) is 3.15. The number of esters is 1. The first kappa shape index (κ1) is 19.6. The van der Waals surface area contributed by atoms with Gasteiger partial charge < -0.3 is 9.64 Å². The highest BCUT2D eigenvalue weighted by Gasteiger charge is 2.35. The molecule has 1 aliphatic heterocycles. The number of nitro groups is 1. The summed E-state index contributed by atoms with van der Waals surface area (Å²) in [5, 5.41) is 14.8. The number of ether oxygens (including phenoxy) is 1. The fraction of sp³-hybridized carbons (Fsp3) is 0.278. The minimum atomic E-state index is -0.491. The van der Waals surface area contributed by atoms with Gasteiger partial charge in [0.05, 0.1) is 4.92 Å². The Hall–Kier alpha value is -3.14. The van der Waals surface area contributed by atoms with Gasteiger partial charge in [-0.25, -0.2) is 9.78 Å². The Balaban J connectivity index is 1.55. The molecule has 28 heavy (non-hydrogen) atoms. The predicted molar refractivity (Wildman–Crippen MR) is 107 cm³/mol. The monoisotopic (exact) mass is 401 g/mol. The highest BCUT2D eigenvalue weighted by molar-refractivity contribution is 7.81. The Morgan fingerprint density at radius 2 is 2.18 bits per heavy atom. The molecule has 1 aromatic carbocycles. The fourth-order valence-electron chi connectivity index (χ4n) is 2.76. The maximum atomic E-state index is 12.5. The molecule has 0 aliphatic carbocycles. The van der Waals surface area contributed by atoms with Crippen LogP contribution in [-0.2, 0) is 16.1 Å². The summed E-state index contributed by atoms with van der Waals surface area (Å²) in [6, 6.07) is 10.8. The van der Waals surface area contributed by atoms with Crippen molar-refractivity contribution < 1.29 is 14.5 Å². The second-order valence-electron chi connectivity index (χ2n) is 6.20. The van der Waals surface area contributed by atoms with E-state index in [9.17, 15) is 14.9 Å². The Morgan fingerprint density at radius 3 is 2.86 bits per heavy atom. The van der Waals surface area contributed by atoms with Crippen molar-refractivity contribution in [2.75, 3.05) is 12.0 Å². The van der Waals surface area contributed by atoms with Gasteiger partial charge in [-0.05, 0) is 36.2 Å². The molecule has 146 valence electrons. The normalized spacial score (nSPS) is 19.0. The van der Waals surface area contributed by atoms with Crippen molar-refractivity contribution in [3.63, 3.8) is 0 Å². The number of aromatic nitrogens is 1. The van der Waals surface area contributed by atoms with E-state index < -0.39 is 11.0 Å². The van der Waals surface area contributed by atoms with Gasteiger partial charge in [-0.2, -0.15) is 17.7 Å². The average molecular weight is 401 g/mol. The molecule has 2 aromatic rings. The Bertz CT molecular complexity index is 847. The standard InChI is InChI=1S/C18H19N5O4S/c24-18(27-11-13-4-6-14(7-5-13)23(25)26)16-9-15(28)10-22(16)12-20-21-17-3-1-2-8-19-17/h1-8,12,15-16,28H,9-11H2,(H,19,21)/t15-,16-/m0/s1. The van der Waals surface area contributed by atoms with E-state index in [2.05, 4.69) is 28.1 Å². The number of pyridine rings is 1. The van der Waals surface area contributed by atoms with E-state index in [0.717, 1.165) is 0 Å². The van der Waals surface area contributed by atoms with Gasteiger partial charge in [-0.3, -0.25) is 15.5 Å². The minimum Gasteiger partial charge on any atom is -0.459 e. The maximum absolute atomic E-state index is 12.5. The number of hydrogen-bond acceptors (Lipinski definition) is 8. The van der Waals surface area contributed by atoms with Gasteiger partial charge in [-0.1, -0.05) is 6.07 Å². The van der Waals surface area contributed by atoms with Crippen molar-refractivity contribution in [1.29, 1.82) is 0 Å². The van der Waals surface area contributed by atoms with Crippen LogP contribution in [0.5, 0.6) is 0 Å². The third-order valence-electron chi connectivity index (χ3n) is 4.17. The molecule has 0 bridgehead atoms. The zero-order valence-electron chi connectivity index (χ0n) is 14.8. The molecule has 1 saturated heterocycles. The van der Waals surface area contributed by atoms with Crippen LogP contribution in [0.25, 0.3) is 0 Å². The highest BCUT2D eigenvalue weighted by Crippen LogP contribution is 2.22. The second kappa shape index (κ2) is 9.18. The number of hydrogen-bond donors (Lipinski definition) is 2. The van der Waals surface area contributed by atoms with E-state index in [1.54, 1.807) is 41.7 Å². The van der Waals surface area contributed by atoms with E-state index in [0.29, 0.717) is 24.3 Å². The largest absolute Gasteiger partial charge is 0.459 e. The molecule has 3 rings (SSSR count). The van der Waals surface area contributed by atoms with Crippen LogP contribution in [0.4, 0.5) is 11.5 Å². The van der Waals surface area contributed by atoms with Crippen molar-refractivity contribution in [2.45, 2.75) is 24.3 Å². The van der Waals surface area contributed by atoms with Crippen molar-refractivity contribution in [1.82, 2.24) is 9.88 Å². The summed E-state index contributed by atoms with van der Waals surface area (Å²) in [6.07, 6.45) is 3.73. The molecule has 10 heteroatoms. The van der Waals surface area contributed by atoms with Gasteiger partial charge in [0.2, 0.25) is 0 Å². The first-order valence-corrected chi connectivity index (χ1v) is 9.08. The van der Waals surface area contributed by atoms with Crippen molar-refractivity contribution in [3.05, 3.63) is 64.3 Å². The molecule has 0 amide bonds. The van der Waals surface area contributed by atoms with Crippen LogP contribution in [0.15, 0.2) is 53.8 Å². The van der Waals surface area contributed by atoms with E-state index in [4.69, 9.17) is 4.74 Å². The van der Waals surface area contributed by atoms with Gasteiger partial charge in [0.1, 0.15) is 24.8 Å². The molecule has 1 aromatic heterocycles. The smallest absolute Gasteiger partial charge is 0.329 e. The molecule has 0 saturated carbocycles. The third kappa shape index (κ3) is 5.19. The first-order chi connectivity index (χ1) is 13.5. The summed E-state index contributed by atoms with van der Waals surface area (Å²) in [5.74, 6) is 0.205. The molecule has 1 fully saturated rings. The van der Waals surface area contributed by atoms with Gasteiger partial charge in [-0.15, -0.1) is 0 Å². The number of nitro benzene ring substituents is 1. The zero-order chi connectivity index (χ0) is 19.9. The molecular weight excluding hydrogens is 382 g/mol. The number of carbonyl (C=O) groups is 1. The third-order valence-corrected chi connectivity index (χ3v) is 4.54. The number of non-ortho nitro benzene ring substituents is 1. The highest BCUT2D eigenvalue weighted by atomic mass is 32.1. The quantitative estimate of drug-likeness (QED) is 0.183. The van der Waals surface area contributed by atoms with Crippen LogP contribution in [0.2, 0.25) is 0 Å². The van der Waals surface area contributed by atoms with Crippen molar-refractivity contribution >= 4 is 36.4 Å². The summed E-state index contributed by atoms with van der Waals surface area (Å²) < 4.78 is 5.38. The van der Waals surface area contributed by atoms with Gasteiger partial charge in [0.25, 0.3) is 5.69 Å². The van der Waals surface area contributed by atoms with Gasteiger partial charge in [0, 0.05) is 30.1 Å².